The molecule has 0 amide bonds. The Balaban J connectivity index is 1.87. The summed E-state index contributed by atoms with van der Waals surface area (Å²) in [5.74, 6) is 0. The standard InChI is InChI=1S/C26H26N4O/c27-21-15-7-13-19(23(21)29)25(17-9-3-1-4-10-17)31-26(18-11-5-2-6-12-18)20-14-8-16-22(28)24(20)30/h1-16,25-26H,27-30H2. The Labute approximate surface area is 182 Å². The molecular formula is C26H26N4O. The van der Waals surface area contributed by atoms with Gasteiger partial charge in [0.25, 0.3) is 0 Å². The van der Waals surface area contributed by atoms with Crippen molar-refractivity contribution in [2.24, 2.45) is 0 Å². The predicted molar refractivity (Wildman–Crippen MR) is 128 cm³/mol. The summed E-state index contributed by atoms with van der Waals surface area (Å²) in [5, 5.41) is 0. The number of hydrogen-bond donors (Lipinski definition) is 4. The Kier molecular flexibility index (Phi) is 5.78. The average Bonchev–Trinajstić information content (AvgIpc) is 2.80. The third-order valence-corrected chi connectivity index (χ3v) is 5.39. The highest BCUT2D eigenvalue weighted by Gasteiger charge is 2.26. The number of nitrogen functional groups attached to an aromatic ring is 4. The maximum Gasteiger partial charge on any atom is 0.111 e. The summed E-state index contributed by atoms with van der Waals surface area (Å²) in [4.78, 5) is 0. The van der Waals surface area contributed by atoms with Crippen molar-refractivity contribution < 1.29 is 4.74 Å². The SMILES string of the molecule is Nc1cccc(C(OC(c2ccccc2)c2cccc(N)c2N)c2ccccc2)c1N. The second-order valence-corrected chi connectivity index (χ2v) is 7.42. The van der Waals surface area contributed by atoms with Crippen LogP contribution in [0.3, 0.4) is 0 Å². The van der Waals surface area contributed by atoms with Gasteiger partial charge in [0.1, 0.15) is 12.2 Å². The van der Waals surface area contributed by atoms with Crippen LogP contribution in [-0.2, 0) is 4.74 Å². The minimum Gasteiger partial charge on any atom is -0.397 e. The normalized spacial score (nSPS) is 12.9. The van der Waals surface area contributed by atoms with Crippen molar-refractivity contribution in [3.05, 3.63) is 119 Å². The summed E-state index contributed by atoms with van der Waals surface area (Å²) in [6.07, 6.45) is -0.925. The van der Waals surface area contributed by atoms with E-state index in [4.69, 9.17) is 27.7 Å². The van der Waals surface area contributed by atoms with E-state index in [0.29, 0.717) is 22.7 Å². The number of hydrogen-bond acceptors (Lipinski definition) is 5. The van der Waals surface area contributed by atoms with Crippen molar-refractivity contribution in [2.45, 2.75) is 12.2 Å². The molecule has 0 aliphatic heterocycles. The van der Waals surface area contributed by atoms with Crippen molar-refractivity contribution in [2.75, 3.05) is 22.9 Å². The topological polar surface area (TPSA) is 113 Å². The van der Waals surface area contributed by atoms with Gasteiger partial charge in [0, 0.05) is 11.1 Å². The van der Waals surface area contributed by atoms with Gasteiger partial charge in [0.15, 0.2) is 0 Å². The smallest absolute Gasteiger partial charge is 0.111 e. The van der Waals surface area contributed by atoms with Gasteiger partial charge in [0.2, 0.25) is 0 Å². The van der Waals surface area contributed by atoms with E-state index >= 15 is 0 Å². The molecule has 2 atom stereocenters. The molecule has 0 fully saturated rings. The average molecular weight is 411 g/mol. The lowest BCUT2D eigenvalue weighted by molar-refractivity contribution is 0.0317. The van der Waals surface area contributed by atoms with Crippen molar-refractivity contribution in [3.63, 3.8) is 0 Å². The number of benzene rings is 4. The van der Waals surface area contributed by atoms with Crippen LogP contribution < -0.4 is 22.9 Å². The highest BCUT2D eigenvalue weighted by Crippen LogP contribution is 2.41. The van der Waals surface area contributed by atoms with Gasteiger partial charge in [0.05, 0.1) is 22.7 Å². The molecule has 4 rings (SSSR count). The zero-order valence-electron chi connectivity index (χ0n) is 17.1. The summed E-state index contributed by atoms with van der Waals surface area (Å²) >= 11 is 0. The van der Waals surface area contributed by atoms with Gasteiger partial charge in [-0.3, -0.25) is 0 Å². The maximum atomic E-state index is 6.80. The molecule has 31 heavy (non-hydrogen) atoms. The van der Waals surface area contributed by atoms with Crippen LogP contribution in [0.25, 0.3) is 0 Å². The van der Waals surface area contributed by atoms with Crippen LogP contribution in [0.15, 0.2) is 97.1 Å². The van der Waals surface area contributed by atoms with Crippen LogP contribution in [0, 0.1) is 0 Å². The summed E-state index contributed by atoms with van der Waals surface area (Å²) in [6, 6.07) is 31.1. The molecule has 5 heteroatoms. The van der Waals surface area contributed by atoms with Crippen LogP contribution in [-0.4, -0.2) is 0 Å². The van der Waals surface area contributed by atoms with Gasteiger partial charge in [-0.2, -0.15) is 0 Å². The zero-order chi connectivity index (χ0) is 21.8. The molecule has 0 aliphatic carbocycles. The van der Waals surface area contributed by atoms with Crippen molar-refractivity contribution in [1.82, 2.24) is 0 Å². The number of nitrogens with two attached hydrogens (primary N) is 4. The fraction of sp³-hybridized carbons (Fsp3) is 0.0769. The summed E-state index contributed by atoms with van der Waals surface area (Å²) in [6.45, 7) is 0. The summed E-state index contributed by atoms with van der Waals surface area (Å²) in [7, 11) is 0. The van der Waals surface area contributed by atoms with E-state index in [1.807, 2.05) is 84.9 Å². The van der Waals surface area contributed by atoms with Crippen molar-refractivity contribution in [1.29, 1.82) is 0 Å². The Morgan fingerprint density at radius 2 is 0.839 bits per heavy atom. The van der Waals surface area contributed by atoms with E-state index in [1.54, 1.807) is 12.1 Å². The lowest BCUT2D eigenvalue weighted by Gasteiger charge is -2.28. The van der Waals surface area contributed by atoms with Gasteiger partial charge >= 0.3 is 0 Å². The minimum atomic E-state index is -0.462. The van der Waals surface area contributed by atoms with Gasteiger partial charge < -0.3 is 27.7 Å². The van der Waals surface area contributed by atoms with Crippen LogP contribution in [0.1, 0.15) is 34.5 Å². The van der Waals surface area contributed by atoms with Crippen LogP contribution >= 0.6 is 0 Å². The monoisotopic (exact) mass is 410 g/mol. The quantitative estimate of drug-likeness (QED) is 0.337. The molecule has 0 aromatic heterocycles. The Morgan fingerprint density at radius 3 is 1.23 bits per heavy atom. The van der Waals surface area contributed by atoms with Gasteiger partial charge in [-0.15, -0.1) is 0 Å². The zero-order valence-corrected chi connectivity index (χ0v) is 17.1. The first-order valence-electron chi connectivity index (χ1n) is 10.1. The molecule has 5 nitrogen and oxygen atoms in total. The largest absolute Gasteiger partial charge is 0.397 e. The van der Waals surface area contributed by atoms with E-state index < -0.39 is 12.2 Å². The van der Waals surface area contributed by atoms with Crippen molar-refractivity contribution >= 4 is 22.7 Å². The van der Waals surface area contributed by atoms with Gasteiger partial charge in [-0.25, -0.2) is 0 Å². The Bertz CT molecular complexity index is 1070. The summed E-state index contributed by atoms with van der Waals surface area (Å²) in [5.41, 5.74) is 30.6. The van der Waals surface area contributed by atoms with Crippen molar-refractivity contribution in [3.8, 4) is 0 Å². The molecule has 0 spiro atoms. The Morgan fingerprint density at radius 1 is 0.452 bits per heavy atom. The molecule has 0 saturated carbocycles. The van der Waals surface area contributed by atoms with E-state index in [0.717, 1.165) is 22.3 Å². The minimum absolute atomic E-state index is 0.462. The molecule has 0 aliphatic rings. The highest BCUT2D eigenvalue weighted by molar-refractivity contribution is 5.70. The first-order chi connectivity index (χ1) is 15.1. The number of anilines is 4. The van der Waals surface area contributed by atoms with E-state index in [-0.39, 0.29) is 0 Å². The van der Waals surface area contributed by atoms with Gasteiger partial charge in [-0.1, -0.05) is 84.9 Å². The van der Waals surface area contributed by atoms with Crippen LogP contribution in [0.2, 0.25) is 0 Å². The molecular weight excluding hydrogens is 384 g/mol. The van der Waals surface area contributed by atoms with Gasteiger partial charge in [-0.05, 0) is 23.3 Å². The molecule has 0 heterocycles. The Hall–Kier alpha value is -3.96. The fourth-order valence-corrected chi connectivity index (χ4v) is 3.72. The first kappa shape index (κ1) is 20.3. The van der Waals surface area contributed by atoms with Crippen LogP contribution in [0.4, 0.5) is 22.7 Å². The molecule has 0 bridgehead atoms. The van der Waals surface area contributed by atoms with E-state index in [2.05, 4.69) is 0 Å². The predicted octanol–water partition coefficient (Wildman–Crippen LogP) is 4.91. The van der Waals surface area contributed by atoms with Crippen LogP contribution in [0.5, 0.6) is 0 Å². The number of para-hydroxylation sites is 2. The molecule has 156 valence electrons. The molecule has 4 aromatic rings. The fourth-order valence-electron chi connectivity index (χ4n) is 3.72. The second kappa shape index (κ2) is 8.81. The highest BCUT2D eigenvalue weighted by atomic mass is 16.5. The first-order valence-corrected chi connectivity index (χ1v) is 10.1. The van der Waals surface area contributed by atoms with E-state index in [9.17, 15) is 0 Å². The lowest BCUT2D eigenvalue weighted by atomic mass is 9.95. The molecule has 0 saturated heterocycles. The molecule has 2 unspecified atom stereocenters. The third kappa shape index (κ3) is 4.17. The lowest BCUT2D eigenvalue weighted by Crippen LogP contribution is -2.16. The number of rotatable bonds is 6. The molecule has 4 aromatic carbocycles. The third-order valence-electron chi connectivity index (χ3n) is 5.39. The summed E-state index contributed by atoms with van der Waals surface area (Å²) < 4.78 is 6.80. The molecule has 8 N–H and O–H groups in total. The number of ether oxygens (including phenoxy) is 1. The maximum absolute atomic E-state index is 6.80. The second-order valence-electron chi connectivity index (χ2n) is 7.42. The van der Waals surface area contributed by atoms with E-state index in [1.165, 1.54) is 0 Å². The molecule has 0 radical (unpaired) electrons.